The summed E-state index contributed by atoms with van der Waals surface area (Å²) in [6.07, 6.45) is 4.95. The first kappa shape index (κ1) is 19.6. The molecule has 3 rings (SSSR count). The van der Waals surface area contributed by atoms with Crippen molar-refractivity contribution in [3.05, 3.63) is 44.9 Å². The number of rotatable bonds is 8. The van der Waals surface area contributed by atoms with Gasteiger partial charge in [0.05, 0.1) is 35.8 Å². The first-order valence-electron chi connectivity index (χ1n) is 8.48. The van der Waals surface area contributed by atoms with Crippen LogP contribution in [0.4, 0.5) is 5.13 Å². The zero-order valence-electron chi connectivity index (χ0n) is 14.2. The van der Waals surface area contributed by atoms with Gasteiger partial charge in [0.2, 0.25) is 5.91 Å². The number of carbonyl (C=O) groups is 1. The summed E-state index contributed by atoms with van der Waals surface area (Å²) >= 11 is 13.7. The summed E-state index contributed by atoms with van der Waals surface area (Å²) in [6, 6.07) is 5.55. The molecular weight excluding hydrogens is 395 g/mol. The monoisotopic (exact) mass is 414 g/mol. The van der Waals surface area contributed by atoms with Gasteiger partial charge in [0.25, 0.3) is 0 Å². The molecule has 0 aliphatic carbocycles. The first-order chi connectivity index (χ1) is 12.6. The molecule has 2 aromatic rings. The fraction of sp³-hybridized carbons (Fsp3) is 0.444. The second kappa shape index (κ2) is 9.67. The minimum absolute atomic E-state index is 0.112. The molecule has 1 aliphatic heterocycles. The van der Waals surface area contributed by atoms with E-state index in [4.69, 9.17) is 32.7 Å². The Kier molecular flexibility index (Phi) is 7.28. The number of nitrogens with one attached hydrogen (secondary N) is 1. The van der Waals surface area contributed by atoms with Crippen molar-refractivity contribution in [1.29, 1.82) is 0 Å². The number of hydrogen-bond donors (Lipinski definition) is 1. The number of thiazole rings is 1. The van der Waals surface area contributed by atoms with Crippen LogP contribution in [-0.4, -0.2) is 36.8 Å². The number of benzene rings is 1. The molecule has 0 spiro atoms. The average molecular weight is 415 g/mol. The zero-order chi connectivity index (χ0) is 18.4. The van der Waals surface area contributed by atoms with Gasteiger partial charge in [-0.3, -0.25) is 4.79 Å². The van der Waals surface area contributed by atoms with Crippen LogP contribution in [0.3, 0.4) is 0 Å². The number of amides is 1. The third kappa shape index (κ3) is 5.66. The van der Waals surface area contributed by atoms with Crippen molar-refractivity contribution < 1.29 is 14.3 Å². The lowest BCUT2D eigenvalue weighted by Gasteiger charge is -2.09. The molecule has 8 heteroatoms. The van der Waals surface area contributed by atoms with E-state index in [-0.39, 0.29) is 12.0 Å². The SMILES string of the molecule is O=C(CCOCC1CCCO1)Nc1ncc(Cc2cccc(Cl)c2Cl)s1. The van der Waals surface area contributed by atoms with Gasteiger partial charge in [-0.1, -0.05) is 35.3 Å². The normalized spacial score (nSPS) is 16.8. The highest BCUT2D eigenvalue weighted by atomic mass is 35.5. The molecule has 0 saturated carbocycles. The summed E-state index contributed by atoms with van der Waals surface area (Å²) in [5, 5.41) is 4.46. The second-order valence-electron chi connectivity index (χ2n) is 6.03. The highest BCUT2D eigenvalue weighted by molar-refractivity contribution is 7.15. The van der Waals surface area contributed by atoms with Gasteiger partial charge in [0.1, 0.15) is 0 Å². The number of aromatic nitrogens is 1. The standard InChI is InChI=1S/C18H20Cl2N2O3S/c19-15-5-1-3-12(17(15)20)9-14-10-21-18(26-14)22-16(23)6-8-24-11-13-4-2-7-25-13/h1,3,5,10,13H,2,4,6-9,11H2,(H,21,22,23). The summed E-state index contributed by atoms with van der Waals surface area (Å²) in [5.74, 6) is -0.112. The lowest BCUT2D eigenvalue weighted by molar-refractivity contribution is -0.117. The fourth-order valence-corrected chi connectivity index (χ4v) is 3.90. The Balaban J connectivity index is 1.42. The summed E-state index contributed by atoms with van der Waals surface area (Å²) in [4.78, 5) is 17.2. The molecule has 5 nitrogen and oxygen atoms in total. The highest BCUT2D eigenvalue weighted by Crippen LogP contribution is 2.29. The lowest BCUT2D eigenvalue weighted by Crippen LogP contribution is -2.18. The first-order valence-corrected chi connectivity index (χ1v) is 10.1. The molecular formula is C18H20Cl2N2O3S. The maximum Gasteiger partial charge on any atom is 0.228 e. The third-order valence-corrected chi connectivity index (χ3v) is 5.77. The van der Waals surface area contributed by atoms with Gasteiger partial charge >= 0.3 is 0 Å². The predicted molar refractivity (Wildman–Crippen MR) is 104 cm³/mol. The molecule has 1 aromatic heterocycles. The minimum Gasteiger partial charge on any atom is -0.378 e. The minimum atomic E-state index is -0.112. The summed E-state index contributed by atoms with van der Waals surface area (Å²) in [5.41, 5.74) is 0.934. The van der Waals surface area contributed by atoms with E-state index >= 15 is 0 Å². The smallest absolute Gasteiger partial charge is 0.228 e. The molecule has 1 unspecified atom stereocenters. The third-order valence-electron chi connectivity index (χ3n) is 4.00. The van der Waals surface area contributed by atoms with E-state index in [0.717, 1.165) is 29.9 Å². The van der Waals surface area contributed by atoms with E-state index in [1.54, 1.807) is 12.3 Å². The number of halogens is 2. The molecule has 140 valence electrons. The van der Waals surface area contributed by atoms with Crippen LogP contribution in [0.5, 0.6) is 0 Å². The van der Waals surface area contributed by atoms with Crippen LogP contribution >= 0.6 is 34.5 Å². The zero-order valence-corrected chi connectivity index (χ0v) is 16.5. The van der Waals surface area contributed by atoms with Crippen molar-refractivity contribution in [3.8, 4) is 0 Å². The van der Waals surface area contributed by atoms with E-state index in [1.807, 2.05) is 12.1 Å². The second-order valence-corrected chi connectivity index (χ2v) is 7.93. The molecule has 1 N–H and O–H groups in total. The number of anilines is 1. The van der Waals surface area contributed by atoms with Crippen molar-refractivity contribution >= 4 is 45.6 Å². The van der Waals surface area contributed by atoms with Crippen LogP contribution in [0.15, 0.2) is 24.4 Å². The van der Waals surface area contributed by atoms with Gasteiger partial charge in [0, 0.05) is 24.1 Å². The van der Waals surface area contributed by atoms with Gasteiger partial charge in [-0.2, -0.15) is 0 Å². The molecule has 1 aromatic carbocycles. The van der Waals surface area contributed by atoms with Crippen molar-refractivity contribution in [3.63, 3.8) is 0 Å². The summed E-state index contributed by atoms with van der Waals surface area (Å²) in [6.45, 7) is 1.73. The number of nitrogens with zero attached hydrogens (tertiary/aromatic N) is 1. The molecule has 1 amide bonds. The predicted octanol–water partition coefficient (Wildman–Crippen LogP) is 4.56. The molecule has 26 heavy (non-hydrogen) atoms. The average Bonchev–Trinajstić information content (AvgIpc) is 3.28. The summed E-state index contributed by atoms with van der Waals surface area (Å²) in [7, 11) is 0. The van der Waals surface area contributed by atoms with E-state index in [9.17, 15) is 4.79 Å². The molecule has 1 saturated heterocycles. The highest BCUT2D eigenvalue weighted by Gasteiger charge is 2.15. The molecule has 1 aliphatic rings. The van der Waals surface area contributed by atoms with E-state index in [0.29, 0.717) is 41.2 Å². The number of carbonyl (C=O) groups excluding carboxylic acids is 1. The molecule has 1 atom stereocenters. The van der Waals surface area contributed by atoms with E-state index in [2.05, 4.69) is 10.3 Å². The van der Waals surface area contributed by atoms with Crippen LogP contribution in [0.2, 0.25) is 10.0 Å². The van der Waals surface area contributed by atoms with Crippen LogP contribution in [-0.2, 0) is 20.7 Å². The maximum absolute atomic E-state index is 12.0. The van der Waals surface area contributed by atoms with E-state index in [1.165, 1.54) is 11.3 Å². The fourth-order valence-electron chi connectivity index (χ4n) is 2.66. The number of ether oxygens (including phenoxy) is 2. The Bertz CT molecular complexity index is 748. The van der Waals surface area contributed by atoms with Crippen LogP contribution in [0, 0.1) is 0 Å². The van der Waals surface area contributed by atoms with E-state index < -0.39 is 0 Å². The van der Waals surface area contributed by atoms with Gasteiger partial charge in [-0.15, -0.1) is 11.3 Å². The lowest BCUT2D eigenvalue weighted by atomic mass is 10.1. The Hall–Kier alpha value is -1.18. The Morgan fingerprint density at radius 2 is 2.31 bits per heavy atom. The topological polar surface area (TPSA) is 60.5 Å². The Labute approximate surface area is 166 Å². The Morgan fingerprint density at radius 1 is 1.42 bits per heavy atom. The molecule has 0 radical (unpaired) electrons. The van der Waals surface area contributed by atoms with Gasteiger partial charge < -0.3 is 14.8 Å². The van der Waals surface area contributed by atoms with Crippen molar-refractivity contribution in [2.75, 3.05) is 25.1 Å². The van der Waals surface area contributed by atoms with Crippen LogP contribution in [0.1, 0.15) is 29.7 Å². The van der Waals surface area contributed by atoms with Gasteiger partial charge in [-0.05, 0) is 24.5 Å². The number of hydrogen-bond acceptors (Lipinski definition) is 5. The Morgan fingerprint density at radius 3 is 3.12 bits per heavy atom. The van der Waals surface area contributed by atoms with Crippen molar-refractivity contribution in [2.24, 2.45) is 0 Å². The molecule has 2 heterocycles. The molecule has 1 fully saturated rings. The summed E-state index contributed by atoms with van der Waals surface area (Å²) < 4.78 is 11.0. The van der Waals surface area contributed by atoms with Crippen LogP contribution in [0.25, 0.3) is 0 Å². The van der Waals surface area contributed by atoms with Crippen LogP contribution < -0.4 is 5.32 Å². The molecule has 0 bridgehead atoms. The van der Waals surface area contributed by atoms with Gasteiger partial charge in [0.15, 0.2) is 5.13 Å². The van der Waals surface area contributed by atoms with Crippen molar-refractivity contribution in [1.82, 2.24) is 4.98 Å². The largest absolute Gasteiger partial charge is 0.378 e. The quantitative estimate of drug-likeness (QED) is 0.642. The van der Waals surface area contributed by atoms with Gasteiger partial charge in [-0.25, -0.2) is 4.98 Å². The van der Waals surface area contributed by atoms with Crippen molar-refractivity contribution in [2.45, 2.75) is 31.8 Å². The maximum atomic E-state index is 12.0.